The van der Waals surface area contributed by atoms with Crippen molar-refractivity contribution in [3.05, 3.63) is 78.9 Å². The molecule has 24 heavy (non-hydrogen) atoms. The number of hydrogen-bond donors (Lipinski definition) is 4. The van der Waals surface area contributed by atoms with Gasteiger partial charge in [0.25, 0.3) is 0 Å². The van der Waals surface area contributed by atoms with Crippen LogP contribution in [-0.4, -0.2) is 19.8 Å². The molecule has 6 heteroatoms. The van der Waals surface area contributed by atoms with Gasteiger partial charge in [-0.3, -0.25) is 0 Å². The van der Waals surface area contributed by atoms with Crippen molar-refractivity contribution in [2.45, 2.75) is 0 Å². The van der Waals surface area contributed by atoms with E-state index in [2.05, 4.69) is 24.3 Å². The highest BCUT2D eigenvalue weighted by molar-refractivity contribution is 7.45. The van der Waals surface area contributed by atoms with E-state index in [4.69, 9.17) is 19.2 Å². The Kier molecular flexibility index (Phi) is 5.90. The number of benzene rings is 3. The van der Waals surface area contributed by atoms with Crippen LogP contribution in [0.15, 0.2) is 78.9 Å². The number of hydrogen-bond acceptors (Lipinski definition) is 2. The van der Waals surface area contributed by atoms with Crippen LogP contribution in [0.25, 0.3) is 22.3 Å². The van der Waals surface area contributed by atoms with Crippen molar-refractivity contribution in [3.8, 4) is 28.0 Å². The molecular formula is C18H17O5P. The Morgan fingerprint density at radius 1 is 0.583 bits per heavy atom. The lowest BCUT2D eigenvalue weighted by atomic mass is 9.95. The van der Waals surface area contributed by atoms with E-state index in [1.807, 2.05) is 42.5 Å². The second kappa shape index (κ2) is 7.90. The van der Waals surface area contributed by atoms with Gasteiger partial charge in [-0.15, -0.1) is 0 Å². The molecule has 0 saturated carbocycles. The van der Waals surface area contributed by atoms with E-state index in [1.165, 1.54) is 16.7 Å². The van der Waals surface area contributed by atoms with Crippen LogP contribution in [0.1, 0.15) is 0 Å². The molecule has 0 aliphatic heterocycles. The monoisotopic (exact) mass is 344 g/mol. The SMILES string of the molecule is O=P(O)(O)O.Oc1ccc(-c2ccccc2-c2ccccc2)cc1. The Labute approximate surface area is 139 Å². The fourth-order valence-corrected chi connectivity index (χ4v) is 2.25. The number of aromatic hydroxyl groups is 1. The average molecular weight is 344 g/mol. The van der Waals surface area contributed by atoms with Gasteiger partial charge in [-0.25, -0.2) is 4.57 Å². The summed E-state index contributed by atoms with van der Waals surface area (Å²) in [5, 5.41) is 9.39. The number of phenolic OH excluding ortho intramolecular Hbond substituents is 1. The van der Waals surface area contributed by atoms with Gasteiger partial charge in [0.05, 0.1) is 0 Å². The molecule has 0 spiro atoms. The molecule has 4 N–H and O–H groups in total. The lowest BCUT2D eigenvalue weighted by Gasteiger charge is -2.10. The van der Waals surface area contributed by atoms with Gasteiger partial charge in [0.2, 0.25) is 0 Å². The van der Waals surface area contributed by atoms with Crippen LogP contribution in [0.4, 0.5) is 0 Å². The third-order valence-electron chi connectivity index (χ3n) is 3.19. The van der Waals surface area contributed by atoms with E-state index in [-0.39, 0.29) is 0 Å². The summed E-state index contributed by atoms with van der Waals surface area (Å²) in [6.45, 7) is 0. The molecule has 0 fully saturated rings. The smallest absolute Gasteiger partial charge is 0.466 e. The zero-order chi connectivity index (χ0) is 17.6. The first-order chi connectivity index (χ1) is 11.3. The third kappa shape index (κ3) is 5.65. The fourth-order valence-electron chi connectivity index (χ4n) is 2.25. The Bertz CT molecular complexity index is 817. The van der Waals surface area contributed by atoms with Gasteiger partial charge >= 0.3 is 7.82 Å². The van der Waals surface area contributed by atoms with Gasteiger partial charge in [-0.2, -0.15) is 0 Å². The Morgan fingerprint density at radius 2 is 0.958 bits per heavy atom. The molecule has 5 nitrogen and oxygen atoms in total. The minimum Gasteiger partial charge on any atom is -0.508 e. The zero-order valence-corrected chi connectivity index (χ0v) is 13.5. The highest BCUT2D eigenvalue weighted by Gasteiger charge is 2.06. The molecule has 0 heterocycles. The van der Waals surface area contributed by atoms with Crippen LogP contribution in [0, 0.1) is 0 Å². The molecule has 0 aliphatic carbocycles. The molecule has 3 aromatic rings. The maximum absolute atomic E-state index is 9.39. The molecule has 124 valence electrons. The van der Waals surface area contributed by atoms with Crippen molar-refractivity contribution in [2.75, 3.05) is 0 Å². The first-order valence-electron chi connectivity index (χ1n) is 7.07. The predicted molar refractivity (Wildman–Crippen MR) is 93.2 cm³/mol. The second-order valence-electron chi connectivity index (χ2n) is 4.97. The summed E-state index contributed by atoms with van der Waals surface area (Å²) in [6.07, 6.45) is 0. The normalized spacial score (nSPS) is 10.6. The predicted octanol–water partition coefficient (Wildman–Crippen LogP) is 3.80. The van der Waals surface area contributed by atoms with E-state index in [1.54, 1.807) is 12.1 Å². The van der Waals surface area contributed by atoms with Crippen molar-refractivity contribution in [1.29, 1.82) is 0 Å². The van der Waals surface area contributed by atoms with E-state index in [0.717, 1.165) is 5.56 Å². The van der Waals surface area contributed by atoms with Crippen LogP contribution >= 0.6 is 7.82 Å². The first-order valence-corrected chi connectivity index (χ1v) is 8.63. The molecule has 3 aromatic carbocycles. The number of phenols is 1. The maximum atomic E-state index is 9.39. The topological polar surface area (TPSA) is 98.0 Å². The Hall–Kier alpha value is -2.43. The van der Waals surface area contributed by atoms with Crippen molar-refractivity contribution in [2.24, 2.45) is 0 Å². The van der Waals surface area contributed by atoms with Gasteiger partial charge in [0, 0.05) is 0 Å². The van der Waals surface area contributed by atoms with Crippen molar-refractivity contribution in [3.63, 3.8) is 0 Å². The zero-order valence-electron chi connectivity index (χ0n) is 12.6. The lowest BCUT2D eigenvalue weighted by Crippen LogP contribution is -1.84. The standard InChI is InChI=1S/C18H14O.H3O4P/c19-16-12-10-15(11-13-16)18-9-5-4-8-17(18)14-6-2-1-3-7-14;1-5(2,3)4/h1-13,19H;(H3,1,2,3,4). The minimum absolute atomic E-state index is 0.293. The number of rotatable bonds is 2. The van der Waals surface area contributed by atoms with Crippen LogP contribution in [0.2, 0.25) is 0 Å². The summed E-state index contributed by atoms with van der Waals surface area (Å²) in [5.41, 5.74) is 4.69. The van der Waals surface area contributed by atoms with Crippen LogP contribution < -0.4 is 0 Å². The highest BCUT2D eigenvalue weighted by Crippen LogP contribution is 2.32. The maximum Gasteiger partial charge on any atom is 0.466 e. The quantitative estimate of drug-likeness (QED) is 0.530. The fraction of sp³-hybridized carbons (Fsp3) is 0. The molecule has 0 amide bonds. The van der Waals surface area contributed by atoms with Crippen LogP contribution in [-0.2, 0) is 4.57 Å². The first kappa shape index (κ1) is 17.9. The van der Waals surface area contributed by atoms with Gasteiger partial charge < -0.3 is 19.8 Å². The van der Waals surface area contributed by atoms with Crippen molar-refractivity contribution in [1.82, 2.24) is 0 Å². The van der Waals surface area contributed by atoms with E-state index in [0.29, 0.717) is 5.75 Å². The van der Waals surface area contributed by atoms with Gasteiger partial charge in [-0.1, -0.05) is 66.7 Å². The molecular weight excluding hydrogens is 327 g/mol. The summed E-state index contributed by atoms with van der Waals surface area (Å²) in [5.74, 6) is 0.293. The molecule has 0 unspecified atom stereocenters. The van der Waals surface area contributed by atoms with Crippen LogP contribution in [0.5, 0.6) is 5.75 Å². The lowest BCUT2D eigenvalue weighted by molar-refractivity contribution is 0.275. The van der Waals surface area contributed by atoms with Crippen molar-refractivity contribution >= 4 is 7.82 Å². The van der Waals surface area contributed by atoms with Crippen molar-refractivity contribution < 1.29 is 24.4 Å². The molecule has 0 atom stereocenters. The molecule has 0 aromatic heterocycles. The third-order valence-corrected chi connectivity index (χ3v) is 3.19. The molecule has 3 rings (SSSR count). The van der Waals surface area contributed by atoms with Gasteiger partial charge in [0.15, 0.2) is 0 Å². The highest BCUT2D eigenvalue weighted by atomic mass is 31.2. The second-order valence-corrected chi connectivity index (χ2v) is 6.00. The Balaban J connectivity index is 0.000000368. The summed E-state index contributed by atoms with van der Waals surface area (Å²) in [6, 6.07) is 26.0. The Morgan fingerprint density at radius 3 is 1.42 bits per heavy atom. The summed E-state index contributed by atoms with van der Waals surface area (Å²) in [7, 11) is -4.64. The molecule has 0 saturated heterocycles. The van der Waals surface area contributed by atoms with E-state index >= 15 is 0 Å². The molecule has 0 aliphatic rings. The molecule has 0 radical (unpaired) electrons. The minimum atomic E-state index is -4.64. The summed E-state index contributed by atoms with van der Waals surface area (Å²) < 4.78 is 8.88. The largest absolute Gasteiger partial charge is 0.508 e. The molecule has 0 bridgehead atoms. The van der Waals surface area contributed by atoms with Gasteiger partial charge in [0.1, 0.15) is 5.75 Å². The van der Waals surface area contributed by atoms with Crippen LogP contribution in [0.3, 0.4) is 0 Å². The van der Waals surface area contributed by atoms with Gasteiger partial charge in [-0.05, 0) is 34.4 Å². The van der Waals surface area contributed by atoms with E-state index in [9.17, 15) is 5.11 Å². The van der Waals surface area contributed by atoms with E-state index < -0.39 is 7.82 Å². The summed E-state index contributed by atoms with van der Waals surface area (Å²) in [4.78, 5) is 21.6. The number of phosphoric acid groups is 1. The summed E-state index contributed by atoms with van der Waals surface area (Å²) >= 11 is 0. The average Bonchev–Trinajstić information content (AvgIpc) is 2.55.